The van der Waals surface area contributed by atoms with E-state index in [9.17, 15) is 0 Å². The Balaban J connectivity index is 1.85. The molecule has 3 rings (SSSR count). The number of rotatable bonds is 3. The van der Waals surface area contributed by atoms with Gasteiger partial charge < -0.3 is 10.1 Å². The van der Waals surface area contributed by atoms with Gasteiger partial charge in [0.05, 0.1) is 13.2 Å². The predicted octanol–water partition coefficient (Wildman–Crippen LogP) is 5.01. The number of anilines is 1. The fourth-order valence-electron chi connectivity index (χ4n) is 2.60. The monoisotopic (exact) mass is 337 g/mol. The van der Waals surface area contributed by atoms with E-state index < -0.39 is 0 Å². The number of hydrogen-bond donors (Lipinski definition) is 1. The summed E-state index contributed by atoms with van der Waals surface area (Å²) in [6, 6.07) is 8.80. The molecule has 0 radical (unpaired) electrons. The van der Waals surface area contributed by atoms with Crippen LogP contribution >= 0.6 is 27.3 Å². The molecule has 0 saturated carbocycles. The van der Waals surface area contributed by atoms with E-state index >= 15 is 0 Å². The number of thiophene rings is 1. The minimum Gasteiger partial charge on any atom is -0.497 e. The fraction of sp³-hybridized carbons (Fsp3) is 0.333. The zero-order valence-electron chi connectivity index (χ0n) is 10.8. The minimum atomic E-state index is 0.425. The maximum absolute atomic E-state index is 5.31. The van der Waals surface area contributed by atoms with Crippen LogP contribution in [-0.2, 0) is 6.42 Å². The molecule has 0 amide bonds. The van der Waals surface area contributed by atoms with E-state index in [1.807, 2.05) is 23.5 Å². The second kappa shape index (κ2) is 5.55. The fourth-order valence-corrected chi connectivity index (χ4v) is 4.06. The molecule has 2 aromatic rings. The molecule has 1 aromatic carbocycles. The molecule has 0 bridgehead atoms. The summed E-state index contributed by atoms with van der Waals surface area (Å²) in [4.78, 5) is 1.53. The number of ether oxygens (including phenoxy) is 1. The Kier molecular flexibility index (Phi) is 3.80. The number of fused-ring (bicyclic) bond motifs is 1. The van der Waals surface area contributed by atoms with Gasteiger partial charge in [-0.2, -0.15) is 0 Å². The molecule has 1 N–H and O–H groups in total. The van der Waals surface area contributed by atoms with Gasteiger partial charge in [-0.05, 0) is 48.4 Å². The van der Waals surface area contributed by atoms with Crippen LogP contribution in [0.4, 0.5) is 5.69 Å². The molecule has 2 nitrogen and oxygen atoms in total. The van der Waals surface area contributed by atoms with Crippen LogP contribution in [0.3, 0.4) is 0 Å². The highest BCUT2D eigenvalue weighted by atomic mass is 79.9. The van der Waals surface area contributed by atoms with Crippen molar-refractivity contribution >= 4 is 33.0 Å². The average Bonchev–Trinajstić information content (AvgIpc) is 2.87. The minimum absolute atomic E-state index is 0.425. The molecule has 1 aliphatic carbocycles. The Morgan fingerprint density at radius 2 is 2.26 bits per heavy atom. The molecule has 0 fully saturated rings. The van der Waals surface area contributed by atoms with E-state index in [-0.39, 0.29) is 0 Å². The van der Waals surface area contributed by atoms with E-state index in [0.29, 0.717) is 6.04 Å². The van der Waals surface area contributed by atoms with E-state index in [1.165, 1.54) is 29.7 Å². The predicted molar refractivity (Wildman–Crippen MR) is 84.3 cm³/mol. The summed E-state index contributed by atoms with van der Waals surface area (Å²) in [5.74, 6) is 0.873. The van der Waals surface area contributed by atoms with E-state index in [2.05, 4.69) is 38.8 Å². The van der Waals surface area contributed by atoms with Crippen molar-refractivity contribution in [3.63, 3.8) is 0 Å². The highest BCUT2D eigenvalue weighted by molar-refractivity contribution is 9.10. The summed E-state index contributed by atoms with van der Waals surface area (Å²) in [5.41, 5.74) is 2.57. The summed E-state index contributed by atoms with van der Waals surface area (Å²) in [6.07, 6.45) is 3.68. The molecule has 1 unspecified atom stereocenters. The molecule has 0 saturated heterocycles. The standard InChI is InChI=1S/C15H16BrNOS/c1-18-12-8-10(16)7-11(9-12)17-14-3-2-4-15-13(14)5-6-19-15/h5-9,14,17H,2-4H2,1H3. The molecular formula is C15H16BrNOS. The average molecular weight is 338 g/mol. The first-order chi connectivity index (χ1) is 9.26. The molecular weight excluding hydrogens is 322 g/mol. The Labute approximate surface area is 125 Å². The van der Waals surface area contributed by atoms with Crippen LogP contribution in [0.2, 0.25) is 0 Å². The van der Waals surface area contributed by atoms with Gasteiger partial charge in [-0.3, -0.25) is 0 Å². The quantitative estimate of drug-likeness (QED) is 0.849. The van der Waals surface area contributed by atoms with Gasteiger partial charge in [-0.1, -0.05) is 15.9 Å². The Hall–Kier alpha value is -1.00. The van der Waals surface area contributed by atoms with Crippen molar-refractivity contribution in [3.05, 3.63) is 44.6 Å². The van der Waals surface area contributed by atoms with Gasteiger partial charge >= 0.3 is 0 Å². The van der Waals surface area contributed by atoms with Gasteiger partial charge in [0.25, 0.3) is 0 Å². The molecule has 100 valence electrons. The van der Waals surface area contributed by atoms with Gasteiger partial charge in [0.1, 0.15) is 5.75 Å². The van der Waals surface area contributed by atoms with Gasteiger partial charge in [0.2, 0.25) is 0 Å². The largest absolute Gasteiger partial charge is 0.497 e. The topological polar surface area (TPSA) is 21.3 Å². The van der Waals surface area contributed by atoms with E-state index in [4.69, 9.17) is 4.74 Å². The third kappa shape index (κ3) is 2.79. The van der Waals surface area contributed by atoms with Crippen molar-refractivity contribution in [2.45, 2.75) is 25.3 Å². The Bertz CT molecular complexity index is 581. The van der Waals surface area contributed by atoms with E-state index in [1.54, 1.807) is 7.11 Å². The van der Waals surface area contributed by atoms with Crippen LogP contribution in [-0.4, -0.2) is 7.11 Å². The number of nitrogens with one attached hydrogen (secondary N) is 1. The first-order valence-corrected chi connectivity index (χ1v) is 8.11. The molecule has 19 heavy (non-hydrogen) atoms. The van der Waals surface area contributed by atoms with Gasteiger partial charge in [-0.15, -0.1) is 11.3 Å². The van der Waals surface area contributed by atoms with Crippen molar-refractivity contribution in [1.82, 2.24) is 0 Å². The lowest BCUT2D eigenvalue weighted by molar-refractivity contribution is 0.414. The van der Waals surface area contributed by atoms with Crippen LogP contribution in [0, 0.1) is 0 Å². The Morgan fingerprint density at radius 3 is 3.11 bits per heavy atom. The lowest BCUT2D eigenvalue weighted by Crippen LogP contribution is -2.15. The second-order valence-corrected chi connectivity index (χ2v) is 6.68. The van der Waals surface area contributed by atoms with E-state index in [0.717, 1.165) is 15.9 Å². The number of methoxy groups -OCH3 is 1. The third-order valence-corrected chi connectivity index (χ3v) is 4.95. The molecule has 0 spiro atoms. The summed E-state index contributed by atoms with van der Waals surface area (Å²) >= 11 is 5.40. The smallest absolute Gasteiger partial charge is 0.122 e. The molecule has 1 heterocycles. The van der Waals surface area contributed by atoms with Gasteiger partial charge in [-0.25, -0.2) is 0 Å². The highest BCUT2D eigenvalue weighted by Crippen LogP contribution is 2.36. The second-order valence-electron chi connectivity index (χ2n) is 4.77. The maximum Gasteiger partial charge on any atom is 0.122 e. The number of halogens is 1. The number of hydrogen-bond acceptors (Lipinski definition) is 3. The molecule has 1 aliphatic rings. The first-order valence-electron chi connectivity index (χ1n) is 6.43. The lowest BCUT2D eigenvalue weighted by Gasteiger charge is -2.25. The Morgan fingerprint density at radius 1 is 1.37 bits per heavy atom. The zero-order chi connectivity index (χ0) is 13.2. The molecule has 0 aliphatic heterocycles. The highest BCUT2D eigenvalue weighted by Gasteiger charge is 2.21. The van der Waals surface area contributed by atoms with Gasteiger partial charge in [0, 0.05) is 21.1 Å². The lowest BCUT2D eigenvalue weighted by atomic mass is 9.94. The first kappa shape index (κ1) is 13.0. The maximum atomic E-state index is 5.31. The third-order valence-electron chi connectivity index (χ3n) is 3.50. The number of benzene rings is 1. The molecule has 1 atom stereocenters. The van der Waals surface area contributed by atoms with Crippen molar-refractivity contribution in [3.8, 4) is 5.75 Å². The van der Waals surface area contributed by atoms with Crippen molar-refractivity contribution < 1.29 is 4.74 Å². The number of aryl methyl sites for hydroxylation is 1. The van der Waals surface area contributed by atoms with Crippen LogP contribution in [0.25, 0.3) is 0 Å². The summed E-state index contributed by atoms with van der Waals surface area (Å²) in [5, 5.41) is 5.84. The molecule has 4 heteroatoms. The van der Waals surface area contributed by atoms with Crippen LogP contribution in [0.15, 0.2) is 34.1 Å². The normalized spacial score (nSPS) is 17.9. The summed E-state index contributed by atoms with van der Waals surface area (Å²) < 4.78 is 6.35. The van der Waals surface area contributed by atoms with Crippen molar-refractivity contribution in [2.24, 2.45) is 0 Å². The zero-order valence-corrected chi connectivity index (χ0v) is 13.2. The SMILES string of the molecule is COc1cc(Br)cc(NC2CCCc3sccc32)c1. The van der Waals surface area contributed by atoms with Gasteiger partial charge in [0.15, 0.2) is 0 Å². The van der Waals surface area contributed by atoms with Crippen LogP contribution < -0.4 is 10.1 Å². The van der Waals surface area contributed by atoms with Crippen molar-refractivity contribution in [1.29, 1.82) is 0 Å². The summed E-state index contributed by atoms with van der Waals surface area (Å²) in [7, 11) is 1.70. The molecule has 1 aromatic heterocycles. The summed E-state index contributed by atoms with van der Waals surface area (Å²) in [6.45, 7) is 0. The van der Waals surface area contributed by atoms with Crippen molar-refractivity contribution in [2.75, 3.05) is 12.4 Å². The van der Waals surface area contributed by atoms with Crippen LogP contribution in [0.5, 0.6) is 5.75 Å². The van der Waals surface area contributed by atoms with Crippen LogP contribution in [0.1, 0.15) is 29.3 Å².